The lowest BCUT2D eigenvalue weighted by atomic mass is 10.1. The fourth-order valence-corrected chi connectivity index (χ4v) is 3.80. The highest BCUT2D eigenvalue weighted by molar-refractivity contribution is 5.87. The molecular weight excluding hydrogens is 322 g/mol. The fraction of sp³-hybridized carbons (Fsp3) is 0.227. The monoisotopic (exact) mass is 343 g/mol. The van der Waals surface area contributed by atoms with Crippen LogP contribution in [0.4, 0.5) is 0 Å². The Balaban J connectivity index is 1.55. The van der Waals surface area contributed by atoms with Crippen molar-refractivity contribution in [2.24, 2.45) is 0 Å². The van der Waals surface area contributed by atoms with Crippen LogP contribution < -0.4 is 0 Å². The van der Waals surface area contributed by atoms with Crippen LogP contribution in [-0.4, -0.2) is 40.8 Å². The van der Waals surface area contributed by atoms with Crippen LogP contribution in [0.3, 0.4) is 0 Å². The summed E-state index contributed by atoms with van der Waals surface area (Å²) in [7, 11) is 0. The van der Waals surface area contributed by atoms with E-state index >= 15 is 0 Å². The highest BCUT2D eigenvalue weighted by Crippen LogP contribution is 2.26. The molecule has 1 aliphatic rings. The van der Waals surface area contributed by atoms with Crippen LogP contribution in [0.5, 0.6) is 0 Å². The maximum absolute atomic E-state index is 5.47. The Morgan fingerprint density at radius 2 is 1.88 bits per heavy atom. The summed E-state index contributed by atoms with van der Waals surface area (Å²) in [5, 5.41) is 2.49. The standard InChI is InChI=1S/C22H21N3O/c1-3-18(16-24-11-13-26-14-12-24)20-8-10-25(22(20)5-1)19-7-6-17-4-2-9-23-21(17)15-19/h1-10,15H,11-14,16H2. The van der Waals surface area contributed by atoms with E-state index in [0.29, 0.717) is 0 Å². The molecule has 0 radical (unpaired) electrons. The van der Waals surface area contributed by atoms with E-state index in [1.807, 2.05) is 12.3 Å². The summed E-state index contributed by atoms with van der Waals surface area (Å²) in [4.78, 5) is 6.96. The number of fused-ring (bicyclic) bond motifs is 2. The second-order valence-corrected chi connectivity index (χ2v) is 6.80. The molecule has 2 aromatic carbocycles. The Hall–Kier alpha value is -2.69. The molecule has 0 aliphatic carbocycles. The minimum atomic E-state index is 0.834. The Morgan fingerprint density at radius 3 is 2.81 bits per heavy atom. The van der Waals surface area contributed by atoms with Crippen molar-refractivity contribution >= 4 is 21.8 Å². The molecule has 1 aliphatic heterocycles. The number of benzene rings is 2. The van der Waals surface area contributed by atoms with Crippen molar-refractivity contribution in [1.29, 1.82) is 0 Å². The third-order valence-corrected chi connectivity index (χ3v) is 5.19. The maximum atomic E-state index is 5.47. The number of rotatable bonds is 3. The van der Waals surface area contributed by atoms with Crippen LogP contribution in [-0.2, 0) is 11.3 Å². The zero-order valence-corrected chi connectivity index (χ0v) is 14.6. The van der Waals surface area contributed by atoms with E-state index in [-0.39, 0.29) is 0 Å². The Bertz CT molecular complexity index is 1060. The number of ether oxygens (including phenoxy) is 1. The normalized spacial score (nSPS) is 15.7. The van der Waals surface area contributed by atoms with Gasteiger partial charge in [0.1, 0.15) is 0 Å². The van der Waals surface area contributed by atoms with Gasteiger partial charge >= 0.3 is 0 Å². The topological polar surface area (TPSA) is 30.3 Å². The molecule has 26 heavy (non-hydrogen) atoms. The molecule has 0 N–H and O–H groups in total. The van der Waals surface area contributed by atoms with E-state index in [9.17, 15) is 0 Å². The zero-order chi connectivity index (χ0) is 17.3. The average molecular weight is 343 g/mol. The lowest BCUT2D eigenvalue weighted by Crippen LogP contribution is -2.35. The third kappa shape index (κ3) is 2.77. The van der Waals surface area contributed by atoms with Gasteiger partial charge < -0.3 is 9.30 Å². The van der Waals surface area contributed by atoms with Crippen molar-refractivity contribution < 1.29 is 4.74 Å². The molecule has 0 unspecified atom stereocenters. The van der Waals surface area contributed by atoms with Crippen molar-refractivity contribution in [3.8, 4) is 5.69 Å². The molecule has 0 amide bonds. The van der Waals surface area contributed by atoms with Crippen molar-refractivity contribution in [2.45, 2.75) is 6.54 Å². The molecule has 2 aromatic heterocycles. The predicted octanol–water partition coefficient (Wildman–Crippen LogP) is 4.01. The maximum Gasteiger partial charge on any atom is 0.0722 e. The molecule has 3 heterocycles. The molecule has 4 aromatic rings. The van der Waals surface area contributed by atoms with E-state index in [0.717, 1.165) is 44.1 Å². The highest BCUT2D eigenvalue weighted by Gasteiger charge is 2.13. The first-order valence-corrected chi connectivity index (χ1v) is 9.13. The summed E-state index contributed by atoms with van der Waals surface area (Å²) < 4.78 is 7.73. The lowest BCUT2D eigenvalue weighted by Gasteiger charge is -2.26. The minimum absolute atomic E-state index is 0.834. The number of morpholine rings is 1. The minimum Gasteiger partial charge on any atom is -0.379 e. The van der Waals surface area contributed by atoms with E-state index in [2.05, 4.69) is 69.2 Å². The highest BCUT2D eigenvalue weighted by atomic mass is 16.5. The first kappa shape index (κ1) is 15.6. The number of aromatic nitrogens is 2. The average Bonchev–Trinajstić information content (AvgIpc) is 3.14. The van der Waals surface area contributed by atoms with Crippen molar-refractivity contribution in [3.63, 3.8) is 0 Å². The van der Waals surface area contributed by atoms with Gasteiger partial charge in [0, 0.05) is 48.5 Å². The van der Waals surface area contributed by atoms with Gasteiger partial charge in [0.25, 0.3) is 0 Å². The molecule has 0 atom stereocenters. The number of pyridine rings is 1. The van der Waals surface area contributed by atoms with Gasteiger partial charge in [-0.25, -0.2) is 0 Å². The van der Waals surface area contributed by atoms with Gasteiger partial charge in [0.2, 0.25) is 0 Å². The molecule has 130 valence electrons. The second kappa shape index (κ2) is 6.56. The van der Waals surface area contributed by atoms with Gasteiger partial charge in [0.15, 0.2) is 0 Å². The van der Waals surface area contributed by atoms with Crippen molar-refractivity contribution in [3.05, 3.63) is 72.6 Å². The molecule has 0 bridgehead atoms. The third-order valence-electron chi connectivity index (χ3n) is 5.19. The number of nitrogens with zero attached hydrogens (tertiary/aromatic N) is 3. The summed E-state index contributed by atoms with van der Waals surface area (Å²) in [6.45, 7) is 4.66. The molecule has 1 saturated heterocycles. The first-order valence-electron chi connectivity index (χ1n) is 9.13. The summed E-state index contributed by atoms with van der Waals surface area (Å²) in [6.07, 6.45) is 4.01. The molecule has 5 rings (SSSR count). The molecule has 0 saturated carbocycles. The number of hydrogen-bond donors (Lipinski definition) is 0. The van der Waals surface area contributed by atoms with Crippen molar-refractivity contribution in [2.75, 3.05) is 26.3 Å². The van der Waals surface area contributed by atoms with Gasteiger partial charge in [-0.05, 0) is 35.9 Å². The van der Waals surface area contributed by atoms with Gasteiger partial charge in [-0.15, -0.1) is 0 Å². The summed E-state index contributed by atoms with van der Waals surface area (Å²) in [5.74, 6) is 0. The van der Waals surface area contributed by atoms with Crippen molar-refractivity contribution in [1.82, 2.24) is 14.5 Å². The molecule has 1 fully saturated rings. The molecule has 0 spiro atoms. The fourth-order valence-electron chi connectivity index (χ4n) is 3.80. The van der Waals surface area contributed by atoms with E-state index in [4.69, 9.17) is 4.74 Å². The van der Waals surface area contributed by atoms with Gasteiger partial charge in [-0.3, -0.25) is 9.88 Å². The van der Waals surface area contributed by atoms with Gasteiger partial charge in [-0.1, -0.05) is 24.3 Å². The van der Waals surface area contributed by atoms with Crippen LogP contribution in [0.15, 0.2) is 67.0 Å². The Labute approximate surface area is 152 Å². The van der Waals surface area contributed by atoms with E-state index in [1.165, 1.54) is 21.9 Å². The largest absolute Gasteiger partial charge is 0.379 e. The van der Waals surface area contributed by atoms with E-state index < -0.39 is 0 Å². The summed E-state index contributed by atoms with van der Waals surface area (Å²) in [6, 6.07) is 19.4. The van der Waals surface area contributed by atoms with E-state index in [1.54, 1.807) is 0 Å². The van der Waals surface area contributed by atoms with Crippen LogP contribution >= 0.6 is 0 Å². The second-order valence-electron chi connectivity index (χ2n) is 6.80. The number of hydrogen-bond acceptors (Lipinski definition) is 3. The Morgan fingerprint density at radius 1 is 0.962 bits per heavy atom. The Kier molecular flexibility index (Phi) is 3.92. The lowest BCUT2D eigenvalue weighted by molar-refractivity contribution is 0.0344. The summed E-state index contributed by atoms with van der Waals surface area (Å²) >= 11 is 0. The van der Waals surface area contributed by atoms with Gasteiger partial charge in [-0.2, -0.15) is 0 Å². The first-order chi connectivity index (χ1) is 12.9. The quantitative estimate of drug-likeness (QED) is 0.563. The zero-order valence-electron chi connectivity index (χ0n) is 14.6. The predicted molar refractivity (Wildman–Crippen MR) is 105 cm³/mol. The van der Waals surface area contributed by atoms with Crippen LogP contribution in [0.25, 0.3) is 27.5 Å². The molecule has 4 nitrogen and oxygen atoms in total. The van der Waals surface area contributed by atoms with Crippen LogP contribution in [0, 0.1) is 0 Å². The van der Waals surface area contributed by atoms with Crippen LogP contribution in [0.2, 0.25) is 0 Å². The smallest absolute Gasteiger partial charge is 0.0722 e. The summed E-state index contributed by atoms with van der Waals surface area (Å²) in [5.41, 5.74) is 4.79. The van der Waals surface area contributed by atoms with Gasteiger partial charge in [0.05, 0.1) is 24.2 Å². The molecular formula is C22H21N3O. The van der Waals surface area contributed by atoms with Crippen LogP contribution in [0.1, 0.15) is 5.56 Å². The molecule has 4 heteroatoms. The SMILES string of the molecule is c1cnc2cc(-n3ccc4c(CN5CCOCC5)cccc43)ccc2c1.